The number of nitrogens with one attached hydrogen (secondary N) is 2. The van der Waals surface area contributed by atoms with Gasteiger partial charge in [0.2, 0.25) is 5.95 Å². The predicted octanol–water partition coefficient (Wildman–Crippen LogP) is 3.10. The second kappa shape index (κ2) is 11.7. The lowest BCUT2D eigenvalue weighted by atomic mass is 9.97. The average Bonchev–Trinajstić information content (AvgIpc) is 3.25. The number of carboxylic acids is 1. The summed E-state index contributed by atoms with van der Waals surface area (Å²) in [5, 5.41) is 14.9. The Balaban J connectivity index is 1.14. The van der Waals surface area contributed by atoms with E-state index in [4.69, 9.17) is 0 Å². The van der Waals surface area contributed by atoms with E-state index in [-0.39, 0.29) is 16.8 Å². The van der Waals surface area contributed by atoms with Crippen LogP contribution in [-0.4, -0.2) is 61.8 Å². The smallest absolute Gasteiger partial charge is 0.337 e. The van der Waals surface area contributed by atoms with Gasteiger partial charge in [-0.1, -0.05) is 0 Å². The SMILES string of the molecule is O=C1NC(=O)C(=Cc2ccnc(N3CCC(CNCc4cnc(-c5ccncc5F)c(C(=O)O)c4)CC3)n2)S1. The highest BCUT2D eigenvalue weighted by Gasteiger charge is 2.26. The molecule has 11 nitrogen and oxygen atoms in total. The number of anilines is 1. The molecule has 0 aromatic carbocycles. The normalized spacial score (nSPS) is 17.1. The minimum absolute atomic E-state index is 0.0654. The van der Waals surface area contributed by atoms with E-state index in [1.165, 1.54) is 18.3 Å². The largest absolute Gasteiger partial charge is 0.478 e. The summed E-state index contributed by atoms with van der Waals surface area (Å²) in [7, 11) is 0. The molecular formula is C26H24FN7O4S. The Morgan fingerprint density at radius 3 is 2.74 bits per heavy atom. The van der Waals surface area contributed by atoms with Gasteiger partial charge in [-0.3, -0.25) is 24.9 Å². The van der Waals surface area contributed by atoms with Gasteiger partial charge in [-0.2, -0.15) is 0 Å². The molecule has 0 spiro atoms. The molecule has 3 N–H and O–H groups in total. The van der Waals surface area contributed by atoms with Crippen LogP contribution in [0.15, 0.2) is 47.9 Å². The molecule has 0 bridgehead atoms. The van der Waals surface area contributed by atoms with E-state index in [1.807, 2.05) is 0 Å². The number of hydrogen-bond donors (Lipinski definition) is 3. The van der Waals surface area contributed by atoms with Crippen molar-refractivity contribution in [2.45, 2.75) is 19.4 Å². The monoisotopic (exact) mass is 549 g/mol. The van der Waals surface area contributed by atoms with Gasteiger partial charge in [-0.25, -0.2) is 19.2 Å². The Morgan fingerprint density at radius 1 is 1.21 bits per heavy atom. The molecule has 2 amide bonds. The maximum Gasteiger partial charge on any atom is 0.337 e. The van der Waals surface area contributed by atoms with Gasteiger partial charge in [0.15, 0.2) is 5.82 Å². The lowest BCUT2D eigenvalue weighted by Gasteiger charge is -2.32. The van der Waals surface area contributed by atoms with E-state index in [0.717, 1.165) is 50.4 Å². The summed E-state index contributed by atoms with van der Waals surface area (Å²) in [6, 6.07) is 4.61. The van der Waals surface area contributed by atoms with Crippen LogP contribution in [0.3, 0.4) is 0 Å². The number of pyridine rings is 2. The van der Waals surface area contributed by atoms with E-state index in [2.05, 4.69) is 35.5 Å². The summed E-state index contributed by atoms with van der Waals surface area (Å²) in [5.41, 5.74) is 1.35. The van der Waals surface area contributed by atoms with Gasteiger partial charge in [0.25, 0.3) is 11.1 Å². The summed E-state index contributed by atoms with van der Waals surface area (Å²) in [6.45, 7) is 2.69. The first-order valence-corrected chi connectivity index (χ1v) is 13.0. The molecule has 0 unspecified atom stereocenters. The van der Waals surface area contributed by atoms with Gasteiger partial charge >= 0.3 is 5.97 Å². The van der Waals surface area contributed by atoms with Crippen molar-refractivity contribution in [3.63, 3.8) is 0 Å². The lowest BCUT2D eigenvalue weighted by Crippen LogP contribution is -2.38. The number of carbonyl (C=O) groups excluding carboxylic acids is 2. The first kappa shape index (κ1) is 26.4. The minimum atomic E-state index is -1.18. The van der Waals surface area contributed by atoms with Crippen LogP contribution in [0.2, 0.25) is 0 Å². The first-order chi connectivity index (χ1) is 18.9. The molecular weight excluding hydrogens is 525 g/mol. The van der Waals surface area contributed by atoms with E-state index in [1.54, 1.807) is 24.5 Å². The molecule has 2 saturated heterocycles. The predicted molar refractivity (Wildman–Crippen MR) is 142 cm³/mol. The Labute approximate surface area is 227 Å². The number of imide groups is 1. The van der Waals surface area contributed by atoms with E-state index < -0.39 is 22.9 Å². The van der Waals surface area contributed by atoms with Crippen molar-refractivity contribution in [1.29, 1.82) is 0 Å². The molecule has 0 aliphatic carbocycles. The fraction of sp³-hybridized carbons (Fsp3) is 0.269. The standard InChI is InChI=1S/C26H24FN7O4S/c27-20-14-28-5-2-18(20)22-19(24(36)37)9-16(13-31-22)12-29-11-15-3-7-34(8-4-15)25-30-6-1-17(32-25)10-21-23(35)33-26(38)39-21/h1-2,5-6,9-10,13-15,29H,3-4,7-8,11-12H2,(H,36,37)(H,33,35,38). The van der Waals surface area contributed by atoms with Gasteiger partial charge in [-0.05, 0) is 66.9 Å². The Kier molecular flexibility index (Phi) is 7.89. The quantitative estimate of drug-likeness (QED) is 0.356. The Hall–Kier alpha value is -4.23. The molecule has 13 heteroatoms. The van der Waals surface area contributed by atoms with Crippen LogP contribution < -0.4 is 15.5 Å². The van der Waals surface area contributed by atoms with Crippen molar-refractivity contribution in [3.8, 4) is 11.3 Å². The number of carboxylic acid groups (broad SMARTS) is 1. The number of aromatic nitrogens is 4. The van der Waals surface area contributed by atoms with Gasteiger partial charge < -0.3 is 15.3 Å². The molecule has 200 valence electrons. The summed E-state index contributed by atoms with van der Waals surface area (Å²) in [4.78, 5) is 54.2. The third kappa shape index (κ3) is 6.26. The van der Waals surface area contributed by atoms with Gasteiger partial charge in [0.1, 0.15) is 0 Å². The molecule has 0 saturated carbocycles. The molecule has 2 aliphatic heterocycles. The maximum absolute atomic E-state index is 14.1. The summed E-state index contributed by atoms with van der Waals surface area (Å²) < 4.78 is 14.1. The van der Waals surface area contributed by atoms with Crippen LogP contribution in [0.25, 0.3) is 17.3 Å². The second-order valence-corrected chi connectivity index (χ2v) is 10.1. The van der Waals surface area contributed by atoms with Crippen LogP contribution in [0.5, 0.6) is 0 Å². The van der Waals surface area contributed by atoms with E-state index in [9.17, 15) is 23.9 Å². The van der Waals surface area contributed by atoms with Crippen molar-refractivity contribution in [3.05, 3.63) is 70.5 Å². The molecule has 5 heterocycles. The van der Waals surface area contributed by atoms with Crippen molar-refractivity contribution in [1.82, 2.24) is 30.6 Å². The molecule has 5 rings (SSSR count). The molecule has 2 fully saturated rings. The fourth-order valence-corrected chi connectivity index (χ4v) is 5.12. The van der Waals surface area contributed by atoms with Gasteiger partial charge in [0, 0.05) is 43.8 Å². The number of halogens is 1. The summed E-state index contributed by atoms with van der Waals surface area (Å²) in [6.07, 6.45) is 9.02. The third-order valence-corrected chi connectivity index (χ3v) is 7.26. The zero-order valence-corrected chi connectivity index (χ0v) is 21.4. The zero-order valence-electron chi connectivity index (χ0n) is 20.6. The van der Waals surface area contributed by atoms with Crippen molar-refractivity contribution >= 4 is 40.9 Å². The number of rotatable bonds is 8. The maximum atomic E-state index is 14.1. The number of nitrogens with zero attached hydrogens (tertiary/aromatic N) is 5. The van der Waals surface area contributed by atoms with E-state index >= 15 is 0 Å². The third-order valence-electron chi connectivity index (χ3n) is 6.45. The van der Waals surface area contributed by atoms with Crippen LogP contribution in [-0.2, 0) is 11.3 Å². The molecule has 0 radical (unpaired) electrons. The highest BCUT2D eigenvalue weighted by atomic mass is 32.2. The molecule has 3 aromatic rings. The highest BCUT2D eigenvalue weighted by molar-refractivity contribution is 8.18. The lowest BCUT2D eigenvalue weighted by molar-refractivity contribution is -0.115. The molecule has 39 heavy (non-hydrogen) atoms. The van der Waals surface area contributed by atoms with Crippen molar-refractivity contribution < 1.29 is 23.9 Å². The van der Waals surface area contributed by atoms with Crippen molar-refractivity contribution in [2.24, 2.45) is 5.92 Å². The topological polar surface area (TPSA) is 150 Å². The number of aromatic carboxylic acids is 1. The van der Waals surface area contributed by atoms with Crippen LogP contribution in [0.4, 0.5) is 15.1 Å². The van der Waals surface area contributed by atoms with Crippen LogP contribution in [0, 0.1) is 11.7 Å². The molecule has 3 aromatic heterocycles. The van der Waals surface area contributed by atoms with Gasteiger partial charge in [-0.15, -0.1) is 0 Å². The number of thioether (sulfide) groups is 1. The zero-order chi connectivity index (χ0) is 27.4. The highest BCUT2D eigenvalue weighted by Crippen LogP contribution is 2.27. The average molecular weight is 550 g/mol. The van der Waals surface area contributed by atoms with Crippen LogP contribution in [0.1, 0.15) is 34.5 Å². The van der Waals surface area contributed by atoms with Gasteiger partial charge in [0.05, 0.1) is 28.1 Å². The van der Waals surface area contributed by atoms with Crippen LogP contribution >= 0.6 is 11.8 Å². The Bertz CT molecular complexity index is 1460. The van der Waals surface area contributed by atoms with Crippen molar-refractivity contribution in [2.75, 3.05) is 24.5 Å². The number of hydrogen-bond acceptors (Lipinski definition) is 10. The number of piperidine rings is 1. The van der Waals surface area contributed by atoms with E-state index in [0.29, 0.717) is 34.6 Å². The minimum Gasteiger partial charge on any atom is -0.478 e. The number of carbonyl (C=O) groups is 3. The summed E-state index contributed by atoms with van der Waals surface area (Å²) >= 11 is 0.849. The Morgan fingerprint density at radius 2 is 2.03 bits per heavy atom. The second-order valence-electron chi connectivity index (χ2n) is 9.10. The molecule has 0 atom stereocenters. The fourth-order valence-electron chi connectivity index (χ4n) is 4.46. The summed E-state index contributed by atoms with van der Waals surface area (Å²) in [5.74, 6) is -1.25. The molecule has 2 aliphatic rings. The first-order valence-electron chi connectivity index (χ1n) is 12.2. The number of amides is 2.